The highest BCUT2D eigenvalue weighted by molar-refractivity contribution is 5.94. The van der Waals surface area contributed by atoms with Crippen LogP contribution in [-0.2, 0) is 7.05 Å². The van der Waals surface area contributed by atoms with Crippen molar-refractivity contribution in [1.82, 2.24) is 24.6 Å². The number of amides is 2. The first-order valence-electron chi connectivity index (χ1n) is 8.39. The topological polar surface area (TPSA) is 85.1 Å². The van der Waals surface area contributed by atoms with Crippen LogP contribution in [0.25, 0.3) is 16.8 Å². The normalized spacial score (nSPS) is 13.9. The number of carbonyl (C=O) groups excluding carboxylic acids is 1. The first-order valence-corrected chi connectivity index (χ1v) is 8.39. The van der Waals surface area contributed by atoms with Crippen LogP contribution in [0.1, 0.15) is 5.56 Å². The molecule has 0 spiro atoms. The van der Waals surface area contributed by atoms with Gasteiger partial charge in [0.05, 0.1) is 11.9 Å². The van der Waals surface area contributed by atoms with Gasteiger partial charge in [-0.05, 0) is 24.6 Å². The highest BCUT2D eigenvalue weighted by atomic mass is 19.1. The number of halogens is 1. The number of anilines is 1. The molecule has 0 aliphatic carbocycles. The SMILES string of the molecule is Cc1c(N2CCNC2=O)ncc(F)c1-c1ccc(-n2cnn(C)c2=O)cc1. The first-order chi connectivity index (χ1) is 13.0. The van der Waals surface area contributed by atoms with Gasteiger partial charge < -0.3 is 5.32 Å². The zero-order valence-corrected chi connectivity index (χ0v) is 14.8. The van der Waals surface area contributed by atoms with Crippen LogP contribution in [0.5, 0.6) is 0 Å². The number of urea groups is 1. The molecule has 3 heterocycles. The molecule has 0 bridgehead atoms. The molecule has 1 saturated heterocycles. The van der Waals surface area contributed by atoms with Crippen molar-refractivity contribution in [2.24, 2.45) is 7.05 Å². The smallest absolute Gasteiger partial charge is 0.336 e. The summed E-state index contributed by atoms with van der Waals surface area (Å²) in [6.07, 6.45) is 2.56. The van der Waals surface area contributed by atoms with Crippen LogP contribution in [-0.4, -0.2) is 38.5 Å². The maximum atomic E-state index is 14.5. The van der Waals surface area contributed by atoms with Gasteiger partial charge in [-0.3, -0.25) is 4.90 Å². The van der Waals surface area contributed by atoms with Crippen LogP contribution >= 0.6 is 0 Å². The Bertz CT molecular complexity index is 1090. The summed E-state index contributed by atoms with van der Waals surface area (Å²) >= 11 is 0. The number of hydrogen-bond donors (Lipinski definition) is 1. The average molecular weight is 368 g/mol. The summed E-state index contributed by atoms with van der Waals surface area (Å²) in [5, 5.41) is 6.63. The minimum absolute atomic E-state index is 0.241. The van der Waals surface area contributed by atoms with E-state index in [0.717, 1.165) is 6.20 Å². The molecular formula is C18H17FN6O2. The lowest BCUT2D eigenvalue weighted by Crippen LogP contribution is -2.29. The molecule has 3 aromatic rings. The fourth-order valence-electron chi connectivity index (χ4n) is 3.22. The molecule has 138 valence electrons. The Morgan fingerprint density at radius 3 is 2.52 bits per heavy atom. The van der Waals surface area contributed by atoms with Crippen LogP contribution in [0.3, 0.4) is 0 Å². The predicted molar refractivity (Wildman–Crippen MR) is 97.5 cm³/mol. The summed E-state index contributed by atoms with van der Waals surface area (Å²) in [5.74, 6) is -0.0314. The molecule has 1 aliphatic rings. The Morgan fingerprint density at radius 1 is 1.19 bits per heavy atom. The number of rotatable bonds is 3. The van der Waals surface area contributed by atoms with Gasteiger partial charge in [-0.2, -0.15) is 5.10 Å². The third-order valence-corrected chi connectivity index (χ3v) is 4.62. The number of nitrogens with zero attached hydrogens (tertiary/aromatic N) is 5. The van der Waals surface area contributed by atoms with E-state index in [1.165, 1.54) is 20.5 Å². The molecule has 2 aromatic heterocycles. The van der Waals surface area contributed by atoms with E-state index in [9.17, 15) is 14.0 Å². The van der Waals surface area contributed by atoms with Gasteiger partial charge in [0.1, 0.15) is 18.0 Å². The van der Waals surface area contributed by atoms with Crippen molar-refractivity contribution in [2.45, 2.75) is 6.92 Å². The van der Waals surface area contributed by atoms with Crippen LogP contribution in [0.2, 0.25) is 0 Å². The number of aromatic nitrogens is 4. The van der Waals surface area contributed by atoms with E-state index in [-0.39, 0.29) is 11.7 Å². The first kappa shape index (κ1) is 17.0. The van der Waals surface area contributed by atoms with Gasteiger partial charge in [-0.15, -0.1) is 0 Å². The Kier molecular flexibility index (Phi) is 3.98. The largest absolute Gasteiger partial charge is 0.350 e. The van der Waals surface area contributed by atoms with E-state index in [0.29, 0.717) is 41.3 Å². The second kappa shape index (κ2) is 6.35. The van der Waals surface area contributed by atoms with Crippen LogP contribution in [0, 0.1) is 12.7 Å². The summed E-state index contributed by atoms with van der Waals surface area (Å²) < 4.78 is 17.2. The van der Waals surface area contributed by atoms with Crippen molar-refractivity contribution < 1.29 is 9.18 Å². The summed E-state index contributed by atoms with van der Waals surface area (Å²) in [4.78, 5) is 29.6. The van der Waals surface area contributed by atoms with Crippen LogP contribution < -0.4 is 15.9 Å². The molecule has 27 heavy (non-hydrogen) atoms. The summed E-state index contributed by atoms with van der Waals surface area (Å²) in [6.45, 7) is 2.76. The van der Waals surface area contributed by atoms with Gasteiger partial charge in [0, 0.05) is 31.3 Å². The number of hydrogen-bond acceptors (Lipinski definition) is 4. The second-order valence-electron chi connectivity index (χ2n) is 6.27. The summed E-state index contributed by atoms with van der Waals surface area (Å²) in [6, 6.07) is 6.66. The minimum Gasteiger partial charge on any atom is -0.336 e. The van der Waals surface area contributed by atoms with Gasteiger partial charge in [-0.25, -0.2) is 28.2 Å². The predicted octanol–water partition coefficient (Wildman–Crippen LogP) is 1.61. The van der Waals surface area contributed by atoms with Crippen LogP contribution in [0.4, 0.5) is 15.0 Å². The van der Waals surface area contributed by atoms with Crippen molar-refractivity contribution in [3.8, 4) is 16.8 Å². The van der Waals surface area contributed by atoms with Crippen molar-refractivity contribution in [3.05, 3.63) is 58.7 Å². The van der Waals surface area contributed by atoms with E-state index in [4.69, 9.17) is 0 Å². The second-order valence-corrected chi connectivity index (χ2v) is 6.27. The standard InChI is InChI=1S/C18H17FN6O2/c1-11-15(14(19)9-21-16(11)24-8-7-20-17(24)26)12-3-5-13(6-4-12)25-10-22-23(2)18(25)27/h3-6,9-10H,7-8H2,1-2H3,(H,20,26). The average Bonchev–Trinajstić information content (AvgIpc) is 3.22. The Hall–Kier alpha value is -3.49. The van der Waals surface area contributed by atoms with E-state index in [1.807, 2.05) is 0 Å². The van der Waals surface area contributed by atoms with Crippen molar-refractivity contribution in [1.29, 1.82) is 0 Å². The van der Waals surface area contributed by atoms with Gasteiger partial charge in [0.15, 0.2) is 0 Å². The number of pyridine rings is 1. The maximum Gasteiger partial charge on any atom is 0.350 e. The lowest BCUT2D eigenvalue weighted by molar-refractivity contribution is 0.252. The van der Waals surface area contributed by atoms with Crippen LogP contribution in [0.15, 0.2) is 41.6 Å². The Balaban J connectivity index is 1.76. The molecule has 4 rings (SSSR count). The van der Waals surface area contributed by atoms with E-state index >= 15 is 0 Å². The number of nitrogens with one attached hydrogen (secondary N) is 1. The van der Waals surface area contributed by atoms with Crippen molar-refractivity contribution >= 4 is 11.8 Å². The number of carbonyl (C=O) groups is 1. The van der Waals surface area contributed by atoms with Gasteiger partial charge in [0.25, 0.3) is 0 Å². The molecule has 0 unspecified atom stereocenters. The van der Waals surface area contributed by atoms with Crippen molar-refractivity contribution in [3.63, 3.8) is 0 Å². The Morgan fingerprint density at radius 2 is 1.93 bits per heavy atom. The maximum absolute atomic E-state index is 14.5. The van der Waals surface area contributed by atoms with Gasteiger partial charge in [0.2, 0.25) is 0 Å². The lowest BCUT2D eigenvalue weighted by atomic mass is 10.0. The van der Waals surface area contributed by atoms with E-state index < -0.39 is 5.82 Å². The fourth-order valence-corrected chi connectivity index (χ4v) is 3.22. The molecule has 0 saturated carbocycles. The number of aryl methyl sites for hydroxylation is 1. The van der Waals surface area contributed by atoms with Gasteiger partial charge >= 0.3 is 11.7 Å². The third-order valence-electron chi connectivity index (χ3n) is 4.62. The van der Waals surface area contributed by atoms with Crippen molar-refractivity contribution in [2.75, 3.05) is 18.0 Å². The monoisotopic (exact) mass is 368 g/mol. The quantitative estimate of drug-likeness (QED) is 0.761. The van der Waals surface area contributed by atoms with Gasteiger partial charge in [-0.1, -0.05) is 12.1 Å². The third kappa shape index (κ3) is 2.77. The molecule has 1 aliphatic heterocycles. The molecule has 8 nitrogen and oxygen atoms in total. The molecular weight excluding hydrogens is 351 g/mol. The molecule has 9 heteroatoms. The highest BCUT2D eigenvalue weighted by Crippen LogP contribution is 2.32. The summed E-state index contributed by atoms with van der Waals surface area (Å²) in [7, 11) is 1.57. The zero-order valence-electron chi connectivity index (χ0n) is 14.8. The Labute approximate surface area is 153 Å². The molecule has 1 aromatic carbocycles. The zero-order chi connectivity index (χ0) is 19.1. The van der Waals surface area contributed by atoms with E-state index in [2.05, 4.69) is 15.4 Å². The fraction of sp³-hybridized carbons (Fsp3) is 0.222. The molecule has 0 atom stereocenters. The molecule has 1 N–H and O–H groups in total. The number of benzene rings is 1. The highest BCUT2D eigenvalue weighted by Gasteiger charge is 2.26. The molecule has 2 amide bonds. The molecule has 0 radical (unpaired) electrons. The van der Waals surface area contributed by atoms with E-state index in [1.54, 1.807) is 38.2 Å². The lowest BCUT2D eigenvalue weighted by Gasteiger charge is -2.18. The minimum atomic E-state index is -0.470. The molecule has 1 fully saturated rings. The summed E-state index contributed by atoms with van der Waals surface area (Å²) in [5.41, 5.74) is 1.96.